The average molecular weight is 408 g/mol. The number of benzene rings is 1. The smallest absolute Gasteiger partial charge is 0.339 e. The molecular formula is C12H6Br2F2N2O2. The van der Waals surface area contributed by atoms with Crippen LogP contribution < -0.4 is 5.32 Å². The zero-order valence-corrected chi connectivity index (χ0v) is 12.8. The first-order chi connectivity index (χ1) is 9.38. The summed E-state index contributed by atoms with van der Waals surface area (Å²) in [7, 11) is 0. The molecule has 20 heavy (non-hydrogen) atoms. The highest BCUT2D eigenvalue weighted by atomic mass is 79.9. The first kappa shape index (κ1) is 14.9. The Morgan fingerprint density at radius 1 is 1.15 bits per heavy atom. The summed E-state index contributed by atoms with van der Waals surface area (Å²) in [5.41, 5.74) is -0.674. The van der Waals surface area contributed by atoms with Gasteiger partial charge in [-0.05, 0) is 34.1 Å². The SMILES string of the molecule is O=C(O)c1cc(Br)cnc1Nc1c(F)cc(Br)cc1F. The zero-order chi connectivity index (χ0) is 14.9. The van der Waals surface area contributed by atoms with Gasteiger partial charge in [-0.3, -0.25) is 0 Å². The third-order valence-corrected chi connectivity index (χ3v) is 3.23. The third kappa shape index (κ3) is 3.13. The highest BCUT2D eigenvalue weighted by Crippen LogP contribution is 2.28. The van der Waals surface area contributed by atoms with Crippen molar-refractivity contribution in [3.63, 3.8) is 0 Å². The van der Waals surface area contributed by atoms with E-state index in [2.05, 4.69) is 42.2 Å². The lowest BCUT2D eigenvalue weighted by Crippen LogP contribution is -2.07. The van der Waals surface area contributed by atoms with Crippen LogP contribution in [0.25, 0.3) is 0 Å². The van der Waals surface area contributed by atoms with Crippen molar-refractivity contribution in [3.05, 3.63) is 50.5 Å². The molecule has 8 heteroatoms. The highest BCUT2D eigenvalue weighted by molar-refractivity contribution is 9.10. The van der Waals surface area contributed by atoms with Crippen LogP contribution in [-0.4, -0.2) is 16.1 Å². The van der Waals surface area contributed by atoms with Gasteiger partial charge in [-0.2, -0.15) is 0 Å². The Balaban J connectivity index is 2.48. The van der Waals surface area contributed by atoms with Gasteiger partial charge in [0, 0.05) is 15.1 Å². The van der Waals surface area contributed by atoms with Gasteiger partial charge in [-0.1, -0.05) is 15.9 Å². The fourth-order valence-corrected chi connectivity index (χ4v) is 2.22. The van der Waals surface area contributed by atoms with E-state index in [1.165, 1.54) is 12.3 Å². The van der Waals surface area contributed by atoms with Gasteiger partial charge in [0.2, 0.25) is 0 Å². The number of aromatic carboxylic acids is 1. The van der Waals surface area contributed by atoms with Crippen LogP contribution in [0.4, 0.5) is 20.3 Å². The summed E-state index contributed by atoms with van der Waals surface area (Å²) < 4.78 is 28.1. The maximum absolute atomic E-state index is 13.7. The Kier molecular flexibility index (Phi) is 4.34. The van der Waals surface area contributed by atoms with E-state index < -0.39 is 23.3 Å². The van der Waals surface area contributed by atoms with Gasteiger partial charge in [0.25, 0.3) is 0 Å². The molecule has 4 nitrogen and oxygen atoms in total. The number of nitrogens with zero attached hydrogens (tertiary/aromatic N) is 1. The van der Waals surface area contributed by atoms with Crippen LogP contribution in [0.1, 0.15) is 10.4 Å². The molecule has 0 bridgehead atoms. The van der Waals surface area contributed by atoms with Crippen molar-refractivity contribution >= 4 is 49.3 Å². The molecule has 1 aromatic heterocycles. The molecule has 1 heterocycles. The maximum Gasteiger partial charge on any atom is 0.339 e. The van der Waals surface area contributed by atoms with Gasteiger partial charge in [-0.15, -0.1) is 0 Å². The van der Waals surface area contributed by atoms with Crippen molar-refractivity contribution in [2.45, 2.75) is 0 Å². The van der Waals surface area contributed by atoms with Crippen molar-refractivity contribution < 1.29 is 18.7 Å². The van der Waals surface area contributed by atoms with Crippen molar-refractivity contribution in [1.29, 1.82) is 0 Å². The molecule has 0 aliphatic rings. The number of pyridine rings is 1. The second-order valence-corrected chi connectivity index (χ2v) is 5.56. The molecule has 0 spiro atoms. The topological polar surface area (TPSA) is 62.2 Å². The van der Waals surface area contributed by atoms with E-state index in [9.17, 15) is 13.6 Å². The second kappa shape index (κ2) is 5.84. The Morgan fingerprint density at radius 3 is 2.30 bits per heavy atom. The lowest BCUT2D eigenvalue weighted by atomic mass is 10.2. The molecule has 0 fully saturated rings. The predicted molar refractivity (Wildman–Crippen MR) is 76.2 cm³/mol. The molecule has 2 rings (SSSR count). The van der Waals surface area contributed by atoms with E-state index in [-0.39, 0.29) is 15.9 Å². The summed E-state index contributed by atoms with van der Waals surface area (Å²) >= 11 is 6.04. The summed E-state index contributed by atoms with van der Waals surface area (Å²) in [6.45, 7) is 0. The summed E-state index contributed by atoms with van der Waals surface area (Å²) in [6.07, 6.45) is 1.32. The van der Waals surface area contributed by atoms with E-state index in [4.69, 9.17) is 5.11 Å². The van der Waals surface area contributed by atoms with E-state index in [1.54, 1.807) is 0 Å². The van der Waals surface area contributed by atoms with Crippen molar-refractivity contribution in [3.8, 4) is 0 Å². The van der Waals surface area contributed by atoms with E-state index in [0.717, 1.165) is 12.1 Å². The van der Waals surface area contributed by atoms with Crippen LogP contribution >= 0.6 is 31.9 Å². The molecule has 0 unspecified atom stereocenters. The van der Waals surface area contributed by atoms with E-state index in [1.807, 2.05) is 0 Å². The number of carboxylic acid groups (broad SMARTS) is 1. The minimum absolute atomic E-state index is 0.152. The molecule has 0 radical (unpaired) electrons. The van der Waals surface area contributed by atoms with Gasteiger partial charge in [0.1, 0.15) is 17.1 Å². The predicted octanol–water partition coefficient (Wildman–Crippen LogP) is 4.33. The molecule has 0 aliphatic carbocycles. The molecule has 0 amide bonds. The Bertz CT molecular complexity index is 672. The van der Waals surface area contributed by atoms with Crippen LogP contribution in [0.15, 0.2) is 33.3 Å². The molecule has 1 aromatic carbocycles. The number of carbonyl (C=O) groups is 1. The largest absolute Gasteiger partial charge is 0.478 e. The van der Waals surface area contributed by atoms with Gasteiger partial charge in [0.15, 0.2) is 11.6 Å². The van der Waals surface area contributed by atoms with E-state index in [0.29, 0.717) is 4.47 Å². The number of rotatable bonds is 3. The highest BCUT2D eigenvalue weighted by Gasteiger charge is 2.17. The Hall–Kier alpha value is -1.54. The maximum atomic E-state index is 13.7. The normalized spacial score (nSPS) is 10.4. The lowest BCUT2D eigenvalue weighted by molar-refractivity contribution is 0.0697. The number of halogens is 4. The molecular weight excluding hydrogens is 402 g/mol. The molecule has 2 N–H and O–H groups in total. The minimum atomic E-state index is -1.26. The average Bonchev–Trinajstić information content (AvgIpc) is 2.34. The lowest BCUT2D eigenvalue weighted by Gasteiger charge is -2.11. The number of carboxylic acids is 1. The molecule has 0 saturated heterocycles. The molecule has 104 valence electrons. The van der Waals surface area contributed by atoms with Gasteiger partial charge in [0.05, 0.1) is 0 Å². The number of nitrogens with one attached hydrogen (secondary N) is 1. The van der Waals surface area contributed by atoms with Crippen LogP contribution in [0.2, 0.25) is 0 Å². The molecule has 0 saturated carbocycles. The second-order valence-electron chi connectivity index (χ2n) is 3.72. The fourth-order valence-electron chi connectivity index (χ4n) is 1.48. The summed E-state index contributed by atoms with van der Waals surface area (Å²) in [5, 5.41) is 11.4. The van der Waals surface area contributed by atoms with Crippen molar-refractivity contribution in [2.75, 3.05) is 5.32 Å². The molecule has 0 aliphatic heterocycles. The number of hydrogen-bond donors (Lipinski definition) is 2. The first-order valence-electron chi connectivity index (χ1n) is 5.19. The van der Waals surface area contributed by atoms with Crippen molar-refractivity contribution in [2.24, 2.45) is 0 Å². The van der Waals surface area contributed by atoms with Crippen LogP contribution in [0, 0.1) is 11.6 Å². The Morgan fingerprint density at radius 2 is 1.75 bits per heavy atom. The summed E-state index contributed by atoms with van der Waals surface area (Å²) in [5.74, 6) is -3.14. The number of hydrogen-bond acceptors (Lipinski definition) is 3. The minimum Gasteiger partial charge on any atom is -0.478 e. The quantitative estimate of drug-likeness (QED) is 0.795. The monoisotopic (exact) mass is 406 g/mol. The summed E-state index contributed by atoms with van der Waals surface area (Å²) in [4.78, 5) is 14.9. The zero-order valence-electron chi connectivity index (χ0n) is 9.62. The first-order valence-corrected chi connectivity index (χ1v) is 6.77. The Labute approximate surface area is 129 Å². The van der Waals surface area contributed by atoms with Crippen LogP contribution in [-0.2, 0) is 0 Å². The molecule has 2 aromatic rings. The third-order valence-electron chi connectivity index (χ3n) is 2.34. The number of anilines is 2. The number of aromatic nitrogens is 1. The van der Waals surface area contributed by atoms with Crippen LogP contribution in [0.5, 0.6) is 0 Å². The van der Waals surface area contributed by atoms with Gasteiger partial charge >= 0.3 is 5.97 Å². The fraction of sp³-hybridized carbons (Fsp3) is 0. The molecule has 0 atom stereocenters. The van der Waals surface area contributed by atoms with Gasteiger partial charge in [-0.25, -0.2) is 18.6 Å². The van der Waals surface area contributed by atoms with Crippen molar-refractivity contribution in [1.82, 2.24) is 4.98 Å². The standard InChI is InChI=1S/C12H6Br2F2N2O2/c13-5-2-8(15)10(9(16)3-5)18-11-7(12(19)20)1-6(14)4-17-11/h1-4H,(H,17,18)(H,19,20). The summed E-state index contributed by atoms with van der Waals surface area (Å²) in [6, 6.07) is 3.40. The van der Waals surface area contributed by atoms with Gasteiger partial charge < -0.3 is 10.4 Å². The van der Waals surface area contributed by atoms with E-state index >= 15 is 0 Å². The van der Waals surface area contributed by atoms with Crippen LogP contribution in [0.3, 0.4) is 0 Å².